The van der Waals surface area contributed by atoms with Crippen LogP contribution in [-0.2, 0) is 9.59 Å². The van der Waals surface area contributed by atoms with Crippen LogP contribution in [0, 0.1) is 5.82 Å². The van der Waals surface area contributed by atoms with Gasteiger partial charge in [-0.3, -0.25) is 9.59 Å². The lowest BCUT2D eigenvalue weighted by atomic mass is 10.2. The fourth-order valence-electron chi connectivity index (χ4n) is 2.12. The third kappa shape index (κ3) is 3.91. The van der Waals surface area contributed by atoms with Crippen molar-refractivity contribution >= 4 is 11.8 Å². The molecule has 7 heteroatoms. The number of hydrogen-bond donors (Lipinski definition) is 2. The molecule has 1 fully saturated rings. The summed E-state index contributed by atoms with van der Waals surface area (Å²) in [4.78, 5) is 25.2. The molecule has 2 N–H and O–H groups in total. The lowest BCUT2D eigenvalue weighted by molar-refractivity contribution is -0.136. The topological polar surface area (TPSA) is 70.7 Å². The molecule has 0 bridgehead atoms. The summed E-state index contributed by atoms with van der Waals surface area (Å²) in [5.74, 6) is -0.895. The SMILES string of the molecule is CNC(=O)[C@@H]1CN(C(=O)COc2ccccc2F)CCN1. The van der Waals surface area contributed by atoms with E-state index in [-0.39, 0.29) is 30.7 Å². The molecule has 1 aliphatic heterocycles. The summed E-state index contributed by atoms with van der Waals surface area (Å²) < 4.78 is 18.6. The molecule has 1 atom stereocenters. The number of rotatable bonds is 4. The first-order valence-corrected chi connectivity index (χ1v) is 6.72. The molecule has 0 spiro atoms. The van der Waals surface area contributed by atoms with Crippen molar-refractivity contribution in [3.63, 3.8) is 0 Å². The Hall–Kier alpha value is -2.15. The number of nitrogens with one attached hydrogen (secondary N) is 2. The van der Waals surface area contributed by atoms with E-state index in [9.17, 15) is 14.0 Å². The van der Waals surface area contributed by atoms with E-state index in [1.54, 1.807) is 19.2 Å². The van der Waals surface area contributed by atoms with Crippen molar-refractivity contribution in [2.75, 3.05) is 33.3 Å². The van der Waals surface area contributed by atoms with E-state index >= 15 is 0 Å². The lowest BCUT2D eigenvalue weighted by Crippen LogP contribution is -2.58. The van der Waals surface area contributed by atoms with Gasteiger partial charge in [-0.15, -0.1) is 0 Å². The van der Waals surface area contributed by atoms with Crippen LogP contribution < -0.4 is 15.4 Å². The average molecular weight is 295 g/mol. The Morgan fingerprint density at radius 1 is 1.48 bits per heavy atom. The summed E-state index contributed by atoms with van der Waals surface area (Å²) >= 11 is 0. The van der Waals surface area contributed by atoms with Crippen molar-refractivity contribution in [2.24, 2.45) is 0 Å². The van der Waals surface area contributed by atoms with Gasteiger partial charge >= 0.3 is 0 Å². The highest BCUT2D eigenvalue weighted by atomic mass is 19.1. The highest BCUT2D eigenvalue weighted by Crippen LogP contribution is 2.15. The fraction of sp³-hybridized carbons (Fsp3) is 0.429. The van der Waals surface area contributed by atoms with Crippen LogP contribution in [0.1, 0.15) is 0 Å². The van der Waals surface area contributed by atoms with Crippen molar-refractivity contribution < 1.29 is 18.7 Å². The Morgan fingerprint density at radius 2 is 2.24 bits per heavy atom. The Bertz CT molecular complexity index is 524. The number of benzene rings is 1. The number of amides is 2. The monoisotopic (exact) mass is 295 g/mol. The van der Waals surface area contributed by atoms with Crippen molar-refractivity contribution in [2.45, 2.75) is 6.04 Å². The van der Waals surface area contributed by atoms with Gasteiger partial charge in [0.2, 0.25) is 5.91 Å². The second-order valence-electron chi connectivity index (χ2n) is 4.68. The van der Waals surface area contributed by atoms with E-state index in [0.717, 1.165) is 0 Å². The van der Waals surface area contributed by atoms with E-state index in [4.69, 9.17) is 4.74 Å². The van der Waals surface area contributed by atoms with E-state index in [1.165, 1.54) is 17.0 Å². The van der Waals surface area contributed by atoms with Crippen LogP contribution in [0.4, 0.5) is 4.39 Å². The predicted molar refractivity (Wildman–Crippen MR) is 74.3 cm³/mol. The van der Waals surface area contributed by atoms with Gasteiger partial charge in [0.1, 0.15) is 6.04 Å². The zero-order chi connectivity index (χ0) is 15.2. The third-order valence-electron chi connectivity index (χ3n) is 3.28. The van der Waals surface area contributed by atoms with Crippen molar-refractivity contribution in [1.29, 1.82) is 0 Å². The van der Waals surface area contributed by atoms with Gasteiger partial charge < -0.3 is 20.3 Å². The second-order valence-corrected chi connectivity index (χ2v) is 4.68. The molecule has 0 saturated carbocycles. The number of para-hydroxylation sites is 1. The molecule has 0 aliphatic carbocycles. The zero-order valence-corrected chi connectivity index (χ0v) is 11.8. The summed E-state index contributed by atoms with van der Waals surface area (Å²) in [5.41, 5.74) is 0. The summed E-state index contributed by atoms with van der Waals surface area (Å²) in [6.07, 6.45) is 0. The minimum absolute atomic E-state index is 0.0452. The highest BCUT2D eigenvalue weighted by molar-refractivity contribution is 5.84. The van der Waals surface area contributed by atoms with E-state index < -0.39 is 11.9 Å². The molecular formula is C14H18FN3O3. The molecule has 114 valence electrons. The van der Waals surface area contributed by atoms with Gasteiger partial charge in [-0.25, -0.2) is 4.39 Å². The maximum atomic E-state index is 13.4. The molecule has 2 amide bonds. The van der Waals surface area contributed by atoms with E-state index in [2.05, 4.69) is 10.6 Å². The van der Waals surface area contributed by atoms with Gasteiger partial charge in [0.25, 0.3) is 5.91 Å². The Labute approximate surface area is 122 Å². The number of halogens is 1. The number of hydrogen-bond acceptors (Lipinski definition) is 4. The molecule has 0 aromatic heterocycles. The van der Waals surface area contributed by atoms with Crippen LogP contribution >= 0.6 is 0 Å². The fourth-order valence-corrected chi connectivity index (χ4v) is 2.12. The van der Waals surface area contributed by atoms with Gasteiger partial charge in [-0.1, -0.05) is 12.1 Å². The summed E-state index contributed by atoms with van der Waals surface area (Å²) in [6.45, 7) is 1.05. The second kappa shape index (κ2) is 7.03. The number of piperazine rings is 1. The average Bonchev–Trinajstić information content (AvgIpc) is 2.53. The number of ether oxygens (including phenoxy) is 1. The summed E-state index contributed by atoms with van der Waals surface area (Å²) in [7, 11) is 1.55. The lowest BCUT2D eigenvalue weighted by Gasteiger charge is -2.32. The molecule has 1 aromatic rings. The number of carbonyl (C=O) groups excluding carboxylic acids is 2. The molecule has 21 heavy (non-hydrogen) atoms. The van der Waals surface area contributed by atoms with Crippen molar-refractivity contribution in [1.82, 2.24) is 15.5 Å². The molecular weight excluding hydrogens is 277 g/mol. The number of carbonyl (C=O) groups is 2. The summed E-state index contributed by atoms with van der Waals surface area (Å²) in [5, 5.41) is 5.57. The zero-order valence-electron chi connectivity index (χ0n) is 11.8. The Balaban J connectivity index is 1.88. The first-order chi connectivity index (χ1) is 10.1. The standard InChI is InChI=1S/C14H18FN3O3/c1-16-14(20)11-8-18(7-6-17-11)13(19)9-21-12-5-3-2-4-10(12)15/h2-5,11,17H,6-9H2,1H3,(H,16,20)/t11-/m0/s1. The van der Waals surface area contributed by atoms with Gasteiger partial charge in [-0.05, 0) is 12.1 Å². The maximum absolute atomic E-state index is 13.4. The van der Waals surface area contributed by atoms with Gasteiger partial charge in [-0.2, -0.15) is 0 Å². The molecule has 1 heterocycles. The van der Waals surface area contributed by atoms with Gasteiger partial charge in [0.15, 0.2) is 18.2 Å². The summed E-state index contributed by atoms with van der Waals surface area (Å²) in [6, 6.07) is 5.49. The van der Waals surface area contributed by atoms with Crippen LogP contribution in [0.2, 0.25) is 0 Å². The molecule has 1 aromatic carbocycles. The molecule has 1 aliphatic rings. The third-order valence-corrected chi connectivity index (χ3v) is 3.28. The minimum atomic E-state index is -0.506. The van der Waals surface area contributed by atoms with Crippen molar-refractivity contribution in [3.8, 4) is 5.75 Å². The van der Waals surface area contributed by atoms with Crippen LogP contribution in [-0.4, -0.2) is 56.0 Å². The van der Waals surface area contributed by atoms with Crippen LogP contribution in [0.25, 0.3) is 0 Å². The predicted octanol–water partition coefficient (Wildman–Crippen LogP) is -0.249. The number of likely N-dealkylation sites (N-methyl/N-ethyl adjacent to an activating group) is 1. The quantitative estimate of drug-likeness (QED) is 0.804. The van der Waals surface area contributed by atoms with Gasteiger partial charge in [0, 0.05) is 26.7 Å². The highest BCUT2D eigenvalue weighted by Gasteiger charge is 2.27. The van der Waals surface area contributed by atoms with Crippen LogP contribution in [0.5, 0.6) is 5.75 Å². The first-order valence-electron chi connectivity index (χ1n) is 6.72. The van der Waals surface area contributed by atoms with Crippen LogP contribution in [0.3, 0.4) is 0 Å². The minimum Gasteiger partial charge on any atom is -0.481 e. The van der Waals surface area contributed by atoms with Crippen LogP contribution in [0.15, 0.2) is 24.3 Å². The molecule has 0 radical (unpaired) electrons. The van der Waals surface area contributed by atoms with Crippen molar-refractivity contribution in [3.05, 3.63) is 30.1 Å². The Morgan fingerprint density at radius 3 is 2.95 bits per heavy atom. The first kappa shape index (κ1) is 15.2. The smallest absolute Gasteiger partial charge is 0.260 e. The normalized spacial score (nSPS) is 18.2. The van der Waals surface area contributed by atoms with Gasteiger partial charge in [0.05, 0.1) is 0 Å². The number of nitrogens with zero attached hydrogens (tertiary/aromatic N) is 1. The van der Waals surface area contributed by atoms with E-state index in [0.29, 0.717) is 13.1 Å². The molecule has 0 unspecified atom stereocenters. The van der Waals surface area contributed by atoms with E-state index in [1.807, 2.05) is 0 Å². The molecule has 2 rings (SSSR count). The molecule has 1 saturated heterocycles. The molecule has 6 nitrogen and oxygen atoms in total. The Kier molecular flexibility index (Phi) is 5.10. The maximum Gasteiger partial charge on any atom is 0.260 e. The largest absolute Gasteiger partial charge is 0.481 e.